The van der Waals surface area contributed by atoms with E-state index in [-0.39, 0.29) is 17.8 Å². The lowest BCUT2D eigenvalue weighted by atomic mass is 10.1. The Bertz CT molecular complexity index is 573. The minimum Gasteiger partial charge on any atom is -0.379 e. The summed E-state index contributed by atoms with van der Waals surface area (Å²) in [6.07, 6.45) is 0.305. The number of ether oxygens (including phenoxy) is 1. The van der Waals surface area contributed by atoms with Gasteiger partial charge >= 0.3 is 0 Å². The van der Waals surface area contributed by atoms with E-state index >= 15 is 0 Å². The van der Waals surface area contributed by atoms with Gasteiger partial charge in [-0.2, -0.15) is 4.98 Å². The van der Waals surface area contributed by atoms with Gasteiger partial charge in [0, 0.05) is 12.5 Å². The van der Waals surface area contributed by atoms with Crippen molar-refractivity contribution in [2.45, 2.75) is 18.4 Å². The minimum absolute atomic E-state index is 0.0677. The molecule has 2 N–H and O–H groups in total. The molecule has 0 spiro atoms. The number of nitrogens with two attached hydrogens (primary N) is 1. The van der Waals surface area contributed by atoms with Gasteiger partial charge in [-0.15, -0.1) is 0 Å². The van der Waals surface area contributed by atoms with Gasteiger partial charge in [-0.1, -0.05) is 23.4 Å². The number of halogens is 1. The molecule has 1 aromatic carbocycles. The lowest BCUT2D eigenvalue weighted by Gasteiger charge is -2.06. The summed E-state index contributed by atoms with van der Waals surface area (Å²) < 4.78 is 24.0. The predicted molar refractivity (Wildman–Crippen MR) is 65.0 cm³/mol. The van der Waals surface area contributed by atoms with Gasteiger partial charge in [0.1, 0.15) is 5.82 Å². The van der Waals surface area contributed by atoms with Crippen LogP contribution in [0.2, 0.25) is 0 Å². The fraction of sp³-hybridized carbons (Fsp3) is 0.385. The van der Waals surface area contributed by atoms with E-state index in [1.807, 2.05) is 0 Å². The first-order valence-electron chi connectivity index (χ1n) is 6.13. The topological polar surface area (TPSA) is 74.2 Å². The van der Waals surface area contributed by atoms with Crippen LogP contribution in [0, 0.1) is 5.82 Å². The first-order chi connectivity index (χ1) is 9.24. The van der Waals surface area contributed by atoms with Crippen molar-refractivity contribution in [2.24, 2.45) is 5.73 Å². The highest BCUT2D eigenvalue weighted by Gasteiger charge is 2.31. The molecule has 0 aliphatic carbocycles. The highest BCUT2D eigenvalue weighted by atomic mass is 19.1. The molecule has 2 unspecified atom stereocenters. The van der Waals surface area contributed by atoms with E-state index in [1.165, 1.54) is 6.07 Å². The maximum Gasteiger partial charge on any atom is 0.233 e. The van der Waals surface area contributed by atoms with Gasteiger partial charge in [-0.05, 0) is 11.6 Å². The Balaban J connectivity index is 1.77. The maximum absolute atomic E-state index is 13.5. The standard InChI is InChI=1S/C13H14FN3O2/c14-10-4-2-1-3-8(10)5-12-16-13(19-17-12)9-6-18-7-11(9)15/h1-4,9,11H,5-7,15H2. The third-order valence-electron chi connectivity index (χ3n) is 3.23. The molecule has 0 bridgehead atoms. The fourth-order valence-corrected chi connectivity index (χ4v) is 2.13. The Morgan fingerprint density at radius 2 is 2.16 bits per heavy atom. The van der Waals surface area contributed by atoms with Gasteiger partial charge in [0.25, 0.3) is 0 Å². The molecule has 1 fully saturated rings. The van der Waals surface area contributed by atoms with E-state index in [0.29, 0.717) is 36.9 Å². The SMILES string of the molecule is NC1COCC1c1nc(Cc2ccccc2F)no1. The third-order valence-corrected chi connectivity index (χ3v) is 3.23. The van der Waals surface area contributed by atoms with Crippen LogP contribution in [0.4, 0.5) is 4.39 Å². The summed E-state index contributed by atoms with van der Waals surface area (Å²) in [6, 6.07) is 6.42. The van der Waals surface area contributed by atoms with Crippen molar-refractivity contribution in [2.75, 3.05) is 13.2 Å². The fourth-order valence-electron chi connectivity index (χ4n) is 2.13. The minimum atomic E-state index is -0.269. The van der Waals surface area contributed by atoms with Gasteiger partial charge in [-0.25, -0.2) is 4.39 Å². The number of rotatable bonds is 3. The van der Waals surface area contributed by atoms with E-state index in [2.05, 4.69) is 10.1 Å². The van der Waals surface area contributed by atoms with Crippen LogP contribution < -0.4 is 5.73 Å². The molecule has 1 aliphatic heterocycles. The number of nitrogens with zero attached hydrogens (tertiary/aromatic N) is 2. The van der Waals surface area contributed by atoms with Crippen LogP contribution in [-0.4, -0.2) is 29.4 Å². The van der Waals surface area contributed by atoms with Gasteiger partial charge in [0.15, 0.2) is 5.82 Å². The van der Waals surface area contributed by atoms with Crippen LogP contribution >= 0.6 is 0 Å². The smallest absolute Gasteiger partial charge is 0.233 e. The predicted octanol–water partition coefficient (Wildman–Crippen LogP) is 1.24. The van der Waals surface area contributed by atoms with Crippen molar-refractivity contribution in [3.8, 4) is 0 Å². The lowest BCUT2D eigenvalue weighted by Crippen LogP contribution is -2.27. The molecule has 0 amide bonds. The maximum atomic E-state index is 13.5. The highest BCUT2D eigenvalue weighted by molar-refractivity contribution is 5.20. The van der Waals surface area contributed by atoms with E-state index in [9.17, 15) is 4.39 Å². The van der Waals surface area contributed by atoms with Crippen LogP contribution in [0.1, 0.15) is 23.2 Å². The summed E-state index contributed by atoms with van der Waals surface area (Å²) >= 11 is 0. The zero-order valence-electron chi connectivity index (χ0n) is 10.3. The second kappa shape index (κ2) is 5.07. The summed E-state index contributed by atoms with van der Waals surface area (Å²) in [6.45, 7) is 0.984. The quantitative estimate of drug-likeness (QED) is 0.901. The Kier molecular flexibility index (Phi) is 3.27. The number of hydrogen-bond donors (Lipinski definition) is 1. The molecule has 0 saturated carbocycles. The molecule has 100 valence electrons. The monoisotopic (exact) mass is 263 g/mol. The molecule has 0 radical (unpaired) electrons. The van der Waals surface area contributed by atoms with Crippen LogP contribution in [-0.2, 0) is 11.2 Å². The van der Waals surface area contributed by atoms with E-state index in [1.54, 1.807) is 18.2 Å². The summed E-state index contributed by atoms with van der Waals surface area (Å²) in [4.78, 5) is 4.27. The largest absolute Gasteiger partial charge is 0.379 e. The van der Waals surface area contributed by atoms with E-state index in [0.717, 1.165) is 0 Å². The molecule has 2 aromatic rings. The molecule has 1 saturated heterocycles. The molecule has 3 rings (SSSR count). The van der Waals surface area contributed by atoms with Gasteiger partial charge in [0.05, 0.1) is 19.1 Å². The summed E-state index contributed by atoms with van der Waals surface area (Å²) in [5, 5.41) is 3.87. The number of benzene rings is 1. The van der Waals surface area contributed by atoms with Gasteiger partial charge in [-0.3, -0.25) is 0 Å². The molecule has 5 nitrogen and oxygen atoms in total. The molecule has 1 aliphatic rings. The lowest BCUT2D eigenvalue weighted by molar-refractivity contribution is 0.187. The second-order valence-corrected chi connectivity index (χ2v) is 4.62. The van der Waals surface area contributed by atoms with Crippen molar-refractivity contribution in [3.05, 3.63) is 47.4 Å². The molecule has 2 heterocycles. The number of hydrogen-bond acceptors (Lipinski definition) is 5. The zero-order chi connectivity index (χ0) is 13.2. The molecular weight excluding hydrogens is 249 g/mol. The number of aromatic nitrogens is 2. The van der Waals surface area contributed by atoms with Gasteiger partial charge < -0.3 is 15.0 Å². The van der Waals surface area contributed by atoms with E-state index < -0.39 is 0 Å². The van der Waals surface area contributed by atoms with Gasteiger partial charge in [0.2, 0.25) is 5.89 Å². The summed E-state index contributed by atoms with van der Waals surface area (Å²) in [7, 11) is 0. The second-order valence-electron chi connectivity index (χ2n) is 4.62. The molecular formula is C13H14FN3O2. The third kappa shape index (κ3) is 2.50. The molecule has 2 atom stereocenters. The van der Waals surface area contributed by atoms with Crippen LogP contribution in [0.5, 0.6) is 0 Å². The molecule has 19 heavy (non-hydrogen) atoms. The first kappa shape index (κ1) is 12.3. The van der Waals surface area contributed by atoms with Crippen molar-refractivity contribution < 1.29 is 13.7 Å². The first-order valence-corrected chi connectivity index (χ1v) is 6.13. The van der Waals surface area contributed by atoms with Crippen LogP contribution in [0.3, 0.4) is 0 Å². The van der Waals surface area contributed by atoms with Crippen molar-refractivity contribution in [1.29, 1.82) is 0 Å². The summed E-state index contributed by atoms with van der Waals surface area (Å²) in [5.74, 6) is 0.590. The van der Waals surface area contributed by atoms with Crippen molar-refractivity contribution in [1.82, 2.24) is 10.1 Å². The Morgan fingerprint density at radius 1 is 1.32 bits per heavy atom. The molecule has 1 aromatic heterocycles. The van der Waals surface area contributed by atoms with Crippen LogP contribution in [0.15, 0.2) is 28.8 Å². The van der Waals surface area contributed by atoms with E-state index in [4.69, 9.17) is 15.0 Å². The average molecular weight is 263 g/mol. The normalized spacial score (nSPS) is 22.8. The Morgan fingerprint density at radius 3 is 2.89 bits per heavy atom. The molecule has 6 heteroatoms. The Hall–Kier alpha value is -1.79. The average Bonchev–Trinajstić information content (AvgIpc) is 3.01. The summed E-state index contributed by atoms with van der Waals surface area (Å²) in [5.41, 5.74) is 6.43. The van der Waals surface area contributed by atoms with Crippen molar-refractivity contribution in [3.63, 3.8) is 0 Å². The zero-order valence-corrected chi connectivity index (χ0v) is 10.3. The van der Waals surface area contributed by atoms with Crippen molar-refractivity contribution >= 4 is 0 Å². The Labute approximate surface area is 109 Å². The van der Waals surface area contributed by atoms with Crippen LogP contribution in [0.25, 0.3) is 0 Å². The highest BCUT2D eigenvalue weighted by Crippen LogP contribution is 2.23.